The van der Waals surface area contributed by atoms with Crippen LogP contribution in [0, 0.1) is 0 Å². The molecule has 1 aromatic rings. The molecule has 21 heavy (non-hydrogen) atoms. The molecule has 1 amide bonds. The molecule has 1 aliphatic heterocycles. The highest BCUT2D eigenvalue weighted by Gasteiger charge is 2.19. The molecular weight excluding hydrogens is 292 g/mol. The lowest BCUT2D eigenvalue weighted by molar-refractivity contribution is -0.132. The second kappa shape index (κ2) is 6.45. The van der Waals surface area contributed by atoms with Crippen molar-refractivity contribution >= 4 is 34.9 Å². The molecule has 0 atom stereocenters. The van der Waals surface area contributed by atoms with Crippen molar-refractivity contribution in [2.75, 3.05) is 6.61 Å². The van der Waals surface area contributed by atoms with E-state index in [2.05, 4.69) is 4.99 Å². The van der Waals surface area contributed by atoms with E-state index in [0.717, 1.165) is 17.3 Å². The SMILES string of the molecule is CCOc1cc(/C=C2/SC(N)=NC2=O)ccc1OC(C)=O. The summed E-state index contributed by atoms with van der Waals surface area (Å²) in [6.07, 6.45) is 1.66. The number of carbonyl (C=O) groups is 2. The smallest absolute Gasteiger partial charge is 0.308 e. The van der Waals surface area contributed by atoms with E-state index in [0.29, 0.717) is 23.0 Å². The van der Waals surface area contributed by atoms with Gasteiger partial charge in [-0.25, -0.2) is 0 Å². The molecule has 0 saturated heterocycles. The first kappa shape index (κ1) is 15.1. The minimum Gasteiger partial charge on any atom is -0.490 e. The van der Waals surface area contributed by atoms with Crippen molar-refractivity contribution < 1.29 is 19.1 Å². The number of amides is 1. The quantitative estimate of drug-likeness (QED) is 0.519. The number of nitrogens with zero attached hydrogens (tertiary/aromatic N) is 1. The normalized spacial score (nSPS) is 16.0. The van der Waals surface area contributed by atoms with Crippen molar-refractivity contribution in [3.05, 3.63) is 28.7 Å². The summed E-state index contributed by atoms with van der Waals surface area (Å²) in [6, 6.07) is 5.03. The number of nitrogens with two attached hydrogens (primary N) is 1. The predicted octanol–water partition coefficient (Wildman–Crippen LogP) is 1.94. The van der Waals surface area contributed by atoms with E-state index >= 15 is 0 Å². The summed E-state index contributed by atoms with van der Waals surface area (Å²) < 4.78 is 10.5. The highest BCUT2D eigenvalue weighted by molar-refractivity contribution is 8.18. The van der Waals surface area contributed by atoms with E-state index in [1.165, 1.54) is 6.92 Å². The average Bonchev–Trinajstić information content (AvgIpc) is 2.71. The molecule has 0 spiro atoms. The van der Waals surface area contributed by atoms with Gasteiger partial charge in [-0.2, -0.15) is 4.99 Å². The first-order valence-corrected chi connectivity index (χ1v) is 7.04. The number of esters is 1. The molecule has 1 heterocycles. The standard InChI is InChI=1S/C14H14N2O4S/c1-3-19-11-6-9(4-5-10(11)20-8(2)17)7-12-13(18)16-14(15)21-12/h4-7H,3H2,1-2H3,(H2,15,16,18)/b12-7+. The van der Waals surface area contributed by atoms with Crippen LogP contribution in [-0.2, 0) is 9.59 Å². The number of hydrogen-bond acceptors (Lipinski definition) is 6. The number of ether oxygens (including phenoxy) is 2. The number of benzene rings is 1. The summed E-state index contributed by atoms with van der Waals surface area (Å²) in [4.78, 5) is 26.7. The second-order valence-electron chi connectivity index (χ2n) is 4.10. The highest BCUT2D eigenvalue weighted by atomic mass is 32.2. The fraction of sp³-hybridized carbons (Fsp3) is 0.214. The van der Waals surface area contributed by atoms with Crippen molar-refractivity contribution in [2.24, 2.45) is 10.7 Å². The number of hydrogen-bond donors (Lipinski definition) is 1. The van der Waals surface area contributed by atoms with Gasteiger partial charge in [-0.15, -0.1) is 0 Å². The van der Waals surface area contributed by atoms with Crippen LogP contribution in [0.4, 0.5) is 0 Å². The summed E-state index contributed by atoms with van der Waals surface area (Å²) in [6.45, 7) is 3.57. The minimum atomic E-state index is -0.426. The Bertz CT molecular complexity index is 652. The Hall–Kier alpha value is -2.28. The van der Waals surface area contributed by atoms with Crippen LogP contribution >= 0.6 is 11.8 Å². The van der Waals surface area contributed by atoms with Gasteiger partial charge in [0.1, 0.15) is 0 Å². The molecule has 2 N–H and O–H groups in total. The molecule has 0 unspecified atom stereocenters. The molecule has 0 aliphatic carbocycles. The minimum absolute atomic E-state index is 0.229. The van der Waals surface area contributed by atoms with Crippen LogP contribution in [-0.4, -0.2) is 23.7 Å². The molecule has 0 fully saturated rings. The van der Waals surface area contributed by atoms with Gasteiger partial charge in [0, 0.05) is 6.92 Å². The van der Waals surface area contributed by atoms with E-state index in [4.69, 9.17) is 15.2 Å². The number of rotatable bonds is 4. The Kier molecular flexibility index (Phi) is 4.64. The topological polar surface area (TPSA) is 91.0 Å². The maximum atomic E-state index is 11.6. The van der Waals surface area contributed by atoms with Gasteiger partial charge in [0.2, 0.25) is 0 Å². The Labute approximate surface area is 126 Å². The van der Waals surface area contributed by atoms with Gasteiger partial charge in [-0.05, 0) is 42.5 Å². The lowest BCUT2D eigenvalue weighted by Gasteiger charge is -2.10. The van der Waals surface area contributed by atoms with Gasteiger partial charge in [-0.3, -0.25) is 9.59 Å². The molecule has 0 aromatic heterocycles. The third-order valence-electron chi connectivity index (χ3n) is 2.46. The Morgan fingerprint density at radius 2 is 2.19 bits per heavy atom. The van der Waals surface area contributed by atoms with Gasteiger partial charge in [0.05, 0.1) is 11.5 Å². The van der Waals surface area contributed by atoms with Gasteiger partial charge in [-0.1, -0.05) is 6.07 Å². The Morgan fingerprint density at radius 1 is 1.43 bits per heavy atom. The zero-order valence-corrected chi connectivity index (χ0v) is 12.4. The summed E-state index contributed by atoms with van der Waals surface area (Å²) >= 11 is 1.12. The van der Waals surface area contributed by atoms with Crippen LogP contribution < -0.4 is 15.2 Å². The fourth-order valence-electron chi connectivity index (χ4n) is 1.70. The van der Waals surface area contributed by atoms with E-state index < -0.39 is 5.97 Å². The first-order chi connectivity index (χ1) is 9.99. The van der Waals surface area contributed by atoms with Crippen molar-refractivity contribution in [1.29, 1.82) is 0 Å². The van der Waals surface area contributed by atoms with E-state index in [-0.39, 0.29) is 11.1 Å². The highest BCUT2D eigenvalue weighted by Crippen LogP contribution is 2.32. The van der Waals surface area contributed by atoms with Crippen molar-refractivity contribution in [3.8, 4) is 11.5 Å². The summed E-state index contributed by atoms with van der Waals surface area (Å²) in [7, 11) is 0. The third-order valence-corrected chi connectivity index (χ3v) is 3.27. The van der Waals surface area contributed by atoms with Crippen molar-refractivity contribution in [1.82, 2.24) is 0 Å². The lowest BCUT2D eigenvalue weighted by Crippen LogP contribution is -2.04. The lowest BCUT2D eigenvalue weighted by atomic mass is 10.2. The second-order valence-corrected chi connectivity index (χ2v) is 5.16. The molecule has 6 nitrogen and oxygen atoms in total. The van der Waals surface area contributed by atoms with E-state index in [1.54, 1.807) is 24.3 Å². The molecule has 0 radical (unpaired) electrons. The van der Waals surface area contributed by atoms with Crippen molar-refractivity contribution in [3.63, 3.8) is 0 Å². The molecule has 1 aliphatic rings. The van der Waals surface area contributed by atoms with Crippen molar-refractivity contribution in [2.45, 2.75) is 13.8 Å². The van der Waals surface area contributed by atoms with Crippen LogP contribution in [0.1, 0.15) is 19.4 Å². The molecule has 7 heteroatoms. The third kappa shape index (κ3) is 3.85. The number of amidine groups is 1. The molecule has 1 aromatic carbocycles. The maximum absolute atomic E-state index is 11.6. The van der Waals surface area contributed by atoms with E-state index in [9.17, 15) is 9.59 Å². The van der Waals surface area contributed by atoms with E-state index in [1.807, 2.05) is 6.92 Å². The molecular formula is C14H14N2O4S. The van der Waals surface area contributed by atoms with Gasteiger partial charge in [0.25, 0.3) is 5.91 Å². The average molecular weight is 306 g/mol. The maximum Gasteiger partial charge on any atom is 0.308 e. The zero-order chi connectivity index (χ0) is 15.4. The number of thioether (sulfide) groups is 1. The molecule has 2 rings (SSSR count). The molecule has 0 saturated carbocycles. The monoisotopic (exact) mass is 306 g/mol. The van der Waals surface area contributed by atoms with Crippen LogP contribution in [0.2, 0.25) is 0 Å². The first-order valence-electron chi connectivity index (χ1n) is 6.23. The largest absolute Gasteiger partial charge is 0.490 e. The zero-order valence-electron chi connectivity index (χ0n) is 11.6. The molecule has 110 valence electrons. The Balaban J connectivity index is 2.30. The Morgan fingerprint density at radius 3 is 2.76 bits per heavy atom. The predicted molar refractivity (Wildman–Crippen MR) is 81.1 cm³/mol. The van der Waals surface area contributed by atoms with Gasteiger partial charge < -0.3 is 15.2 Å². The van der Waals surface area contributed by atoms with Gasteiger partial charge >= 0.3 is 5.97 Å². The summed E-state index contributed by atoms with van der Waals surface area (Å²) in [5.74, 6) is -0.0108. The van der Waals surface area contributed by atoms with Crippen LogP contribution in [0.5, 0.6) is 11.5 Å². The fourth-order valence-corrected chi connectivity index (χ4v) is 2.38. The number of aliphatic imine (C=N–C) groups is 1. The van der Waals surface area contributed by atoms with Gasteiger partial charge in [0.15, 0.2) is 16.7 Å². The molecule has 0 bridgehead atoms. The summed E-state index contributed by atoms with van der Waals surface area (Å²) in [5.41, 5.74) is 6.23. The van der Waals surface area contributed by atoms with Crippen LogP contribution in [0.3, 0.4) is 0 Å². The number of carbonyl (C=O) groups excluding carboxylic acids is 2. The summed E-state index contributed by atoms with van der Waals surface area (Å²) in [5, 5.41) is 0.229. The van der Waals surface area contributed by atoms with Crippen LogP contribution in [0.25, 0.3) is 6.08 Å². The van der Waals surface area contributed by atoms with Crippen LogP contribution in [0.15, 0.2) is 28.1 Å².